The van der Waals surface area contributed by atoms with E-state index in [0.717, 1.165) is 12.8 Å². The number of anilines is 1. The minimum atomic E-state index is -0.700. The van der Waals surface area contributed by atoms with Gasteiger partial charge < -0.3 is 19.4 Å². The Balaban J connectivity index is 1.78. The van der Waals surface area contributed by atoms with E-state index in [4.69, 9.17) is 9.47 Å². The molecule has 1 N–H and O–H groups in total. The van der Waals surface area contributed by atoms with E-state index in [1.54, 1.807) is 24.3 Å². The van der Waals surface area contributed by atoms with Gasteiger partial charge in [0.15, 0.2) is 6.61 Å². The van der Waals surface area contributed by atoms with E-state index in [1.807, 2.05) is 6.92 Å². The molecule has 28 heavy (non-hydrogen) atoms. The smallest absolute Gasteiger partial charge is 0.338 e. The lowest BCUT2D eigenvalue weighted by Gasteiger charge is -2.08. The van der Waals surface area contributed by atoms with E-state index in [1.165, 1.54) is 29.0 Å². The van der Waals surface area contributed by atoms with E-state index >= 15 is 0 Å². The summed E-state index contributed by atoms with van der Waals surface area (Å²) in [6.07, 6.45) is 3.20. The number of nitrogens with zero attached hydrogens (tertiary/aromatic N) is 1. The summed E-state index contributed by atoms with van der Waals surface area (Å²) >= 11 is 0. The molecule has 0 unspecified atom stereocenters. The molecule has 0 saturated heterocycles. The van der Waals surface area contributed by atoms with Crippen molar-refractivity contribution in [3.8, 4) is 0 Å². The third-order valence-corrected chi connectivity index (χ3v) is 3.70. The van der Waals surface area contributed by atoms with Gasteiger partial charge in [-0.1, -0.05) is 19.4 Å². The standard InChI is InChI=1S/C20H22N2O6/c1-2-3-12-27-20(26)15-7-9-16(10-8-15)21-17(23)14-28-19(25)13-22-11-5-4-6-18(22)24/h4-11H,2-3,12-14H2,1H3,(H,21,23). The molecule has 0 saturated carbocycles. The molecule has 148 valence electrons. The minimum Gasteiger partial charge on any atom is -0.462 e. The number of rotatable bonds is 9. The van der Waals surface area contributed by atoms with Crippen molar-refractivity contribution >= 4 is 23.5 Å². The molecule has 0 aliphatic heterocycles. The number of benzene rings is 1. The summed E-state index contributed by atoms with van der Waals surface area (Å²) in [5.41, 5.74) is 0.497. The zero-order valence-electron chi connectivity index (χ0n) is 15.6. The maximum atomic E-state index is 11.9. The third-order valence-electron chi connectivity index (χ3n) is 3.70. The monoisotopic (exact) mass is 386 g/mol. The first-order valence-corrected chi connectivity index (χ1v) is 8.87. The molecule has 1 amide bonds. The fourth-order valence-electron chi connectivity index (χ4n) is 2.20. The summed E-state index contributed by atoms with van der Waals surface area (Å²) in [4.78, 5) is 47.0. The number of aromatic nitrogens is 1. The van der Waals surface area contributed by atoms with Gasteiger partial charge in [0.05, 0.1) is 12.2 Å². The van der Waals surface area contributed by atoms with Crippen molar-refractivity contribution in [3.63, 3.8) is 0 Å². The Morgan fingerprint density at radius 2 is 1.79 bits per heavy atom. The summed E-state index contributed by atoms with van der Waals surface area (Å²) < 4.78 is 11.1. The van der Waals surface area contributed by atoms with Crippen molar-refractivity contribution in [2.45, 2.75) is 26.3 Å². The Kier molecular flexibility index (Phi) is 7.95. The molecule has 1 aromatic heterocycles. The number of hydrogen-bond donors (Lipinski definition) is 1. The van der Waals surface area contributed by atoms with Crippen LogP contribution in [0.2, 0.25) is 0 Å². The Morgan fingerprint density at radius 1 is 1.04 bits per heavy atom. The third kappa shape index (κ3) is 6.71. The van der Waals surface area contributed by atoms with Gasteiger partial charge in [-0.3, -0.25) is 14.4 Å². The predicted molar refractivity (Wildman–Crippen MR) is 102 cm³/mol. The van der Waals surface area contributed by atoms with Crippen LogP contribution in [0.5, 0.6) is 0 Å². The van der Waals surface area contributed by atoms with Crippen LogP contribution in [-0.2, 0) is 25.6 Å². The maximum absolute atomic E-state index is 11.9. The van der Waals surface area contributed by atoms with Crippen molar-refractivity contribution in [2.24, 2.45) is 0 Å². The first kappa shape index (κ1) is 20.9. The Bertz CT molecular complexity index is 873. The highest BCUT2D eigenvalue weighted by Gasteiger charge is 2.11. The Labute approximate surface area is 162 Å². The largest absolute Gasteiger partial charge is 0.462 e. The molecular weight excluding hydrogens is 364 g/mol. The summed E-state index contributed by atoms with van der Waals surface area (Å²) in [6.45, 7) is 1.61. The van der Waals surface area contributed by atoms with Gasteiger partial charge >= 0.3 is 11.9 Å². The highest BCUT2D eigenvalue weighted by atomic mass is 16.5. The lowest BCUT2D eigenvalue weighted by molar-refractivity contribution is -0.147. The van der Waals surface area contributed by atoms with E-state index in [2.05, 4.69) is 5.32 Å². The van der Waals surface area contributed by atoms with Gasteiger partial charge in [0, 0.05) is 18.0 Å². The lowest BCUT2D eigenvalue weighted by Crippen LogP contribution is -2.26. The fraction of sp³-hybridized carbons (Fsp3) is 0.300. The number of ether oxygens (including phenoxy) is 2. The van der Waals surface area contributed by atoms with Gasteiger partial charge in [0.25, 0.3) is 11.5 Å². The van der Waals surface area contributed by atoms with Gasteiger partial charge in [0.2, 0.25) is 0 Å². The molecule has 2 rings (SSSR count). The van der Waals surface area contributed by atoms with E-state index < -0.39 is 24.5 Å². The molecule has 0 spiro atoms. The topological polar surface area (TPSA) is 104 Å². The minimum absolute atomic E-state index is 0.276. The number of hydrogen-bond acceptors (Lipinski definition) is 6. The number of amides is 1. The molecule has 0 radical (unpaired) electrons. The van der Waals surface area contributed by atoms with E-state index in [-0.39, 0.29) is 12.1 Å². The lowest BCUT2D eigenvalue weighted by atomic mass is 10.2. The molecular formula is C20H22N2O6. The molecule has 2 aromatic rings. The Hall–Kier alpha value is -3.42. The second kappa shape index (κ2) is 10.7. The van der Waals surface area contributed by atoms with Crippen LogP contribution < -0.4 is 10.9 Å². The van der Waals surface area contributed by atoms with Gasteiger partial charge in [-0.2, -0.15) is 0 Å². The first-order valence-electron chi connectivity index (χ1n) is 8.87. The molecule has 0 fully saturated rings. The zero-order valence-corrected chi connectivity index (χ0v) is 15.6. The van der Waals surface area contributed by atoms with Crippen molar-refractivity contribution in [1.82, 2.24) is 4.57 Å². The van der Waals surface area contributed by atoms with Crippen molar-refractivity contribution in [2.75, 3.05) is 18.5 Å². The van der Waals surface area contributed by atoms with E-state index in [9.17, 15) is 19.2 Å². The van der Waals surface area contributed by atoms with Crippen molar-refractivity contribution in [3.05, 3.63) is 64.6 Å². The number of esters is 2. The second-order valence-corrected chi connectivity index (χ2v) is 5.94. The predicted octanol–water partition coefficient (Wildman–Crippen LogP) is 1.99. The van der Waals surface area contributed by atoms with Crippen LogP contribution in [0.25, 0.3) is 0 Å². The SMILES string of the molecule is CCCCOC(=O)c1ccc(NC(=O)COC(=O)Cn2ccccc2=O)cc1. The molecule has 1 aromatic carbocycles. The van der Waals surface area contributed by atoms with Gasteiger partial charge in [-0.15, -0.1) is 0 Å². The highest BCUT2D eigenvalue weighted by molar-refractivity contribution is 5.94. The number of carbonyl (C=O) groups is 3. The van der Waals surface area contributed by atoms with Gasteiger partial charge in [-0.05, 0) is 36.8 Å². The number of pyridine rings is 1. The molecule has 0 bridgehead atoms. The highest BCUT2D eigenvalue weighted by Crippen LogP contribution is 2.11. The van der Waals surface area contributed by atoms with Gasteiger partial charge in [-0.25, -0.2) is 4.79 Å². The summed E-state index contributed by atoms with van der Waals surface area (Å²) in [6, 6.07) is 10.7. The molecule has 0 aliphatic carbocycles. The Morgan fingerprint density at radius 3 is 2.46 bits per heavy atom. The average Bonchev–Trinajstić information content (AvgIpc) is 2.69. The quantitative estimate of drug-likeness (QED) is 0.522. The zero-order chi connectivity index (χ0) is 20.4. The van der Waals surface area contributed by atoms with Crippen molar-refractivity contribution < 1.29 is 23.9 Å². The van der Waals surface area contributed by atoms with Crippen LogP contribution in [0.15, 0.2) is 53.5 Å². The molecule has 8 heteroatoms. The second-order valence-electron chi connectivity index (χ2n) is 5.94. The average molecular weight is 386 g/mol. The first-order chi connectivity index (χ1) is 13.5. The number of unbranched alkanes of at least 4 members (excludes halogenated alkanes) is 1. The molecule has 8 nitrogen and oxygen atoms in total. The molecule has 0 aliphatic rings. The summed E-state index contributed by atoms with van der Waals surface area (Å²) in [7, 11) is 0. The number of carbonyl (C=O) groups excluding carboxylic acids is 3. The van der Waals surface area contributed by atoms with Crippen molar-refractivity contribution in [1.29, 1.82) is 0 Å². The fourth-order valence-corrected chi connectivity index (χ4v) is 2.20. The van der Waals surface area contributed by atoms with Crippen LogP contribution in [0.1, 0.15) is 30.1 Å². The van der Waals surface area contributed by atoms with Crippen LogP contribution in [0.3, 0.4) is 0 Å². The number of nitrogens with one attached hydrogen (secondary N) is 1. The van der Waals surface area contributed by atoms with E-state index in [0.29, 0.717) is 17.9 Å². The maximum Gasteiger partial charge on any atom is 0.338 e. The summed E-state index contributed by atoms with van der Waals surface area (Å²) in [5.74, 6) is -1.66. The van der Waals surface area contributed by atoms with Crippen LogP contribution in [0.4, 0.5) is 5.69 Å². The van der Waals surface area contributed by atoms with Crippen LogP contribution in [0, 0.1) is 0 Å². The van der Waals surface area contributed by atoms with Gasteiger partial charge in [0.1, 0.15) is 6.54 Å². The summed E-state index contributed by atoms with van der Waals surface area (Å²) in [5, 5.41) is 2.55. The molecule has 1 heterocycles. The van der Waals surface area contributed by atoms with Crippen LogP contribution >= 0.6 is 0 Å². The van der Waals surface area contributed by atoms with Crippen LogP contribution in [-0.4, -0.2) is 35.6 Å². The normalized spacial score (nSPS) is 10.2. The molecule has 0 atom stereocenters.